The van der Waals surface area contributed by atoms with Gasteiger partial charge in [0.25, 0.3) is 0 Å². The Morgan fingerprint density at radius 3 is 2.93 bits per heavy atom. The second kappa shape index (κ2) is 5.28. The fraction of sp³-hybridized carbons (Fsp3) is 0.600. The molecule has 0 heterocycles. The Morgan fingerprint density at radius 1 is 1.71 bits per heavy atom. The van der Waals surface area contributed by atoms with E-state index >= 15 is 0 Å². The summed E-state index contributed by atoms with van der Waals surface area (Å²) in [5.41, 5.74) is 0.0347. The molecule has 1 aliphatic rings. The minimum Gasteiger partial charge on any atom is -0.462 e. The Kier molecular flexibility index (Phi) is 3.99. The largest absolute Gasteiger partial charge is 0.462 e. The van der Waals surface area contributed by atoms with E-state index in [0.717, 1.165) is 6.54 Å². The third-order valence-electron chi connectivity index (χ3n) is 1.97. The van der Waals surface area contributed by atoms with Crippen molar-refractivity contribution in [3.05, 3.63) is 11.8 Å². The van der Waals surface area contributed by atoms with Crippen LogP contribution in [0.5, 0.6) is 0 Å². The molecular weight excluding hydrogens is 180 g/mol. The molecule has 4 heteroatoms. The summed E-state index contributed by atoms with van der Waals surface area (Å²) in [6.07, 6.45) is 3.92. The molecule has 0 aromatic heterocycles. The Morgan fingerprint density at radius 2 is 2.43 bits per heavy atom. The Hall–Kier alpha value is -1.50. The van der Waals surface area contributed by atoms with Gasteiger partial charge in [0.2, 0.25) is 0 Å². The number of esters is 1. The second-order valence-corrected chi connectivity index (χ2v) is 3.24. The van der Waals surface area contributed by atoms with Crippen molar-refractivity contribution in [1.82, 2.24) is 5.32 Å². The molecule has 14 heavy (non-hydrogen) atoms. The van der Waals surface area contributed by atoms with Gasteiger partial charge in [0.15, 0.2) is 5.57 Å². The number of hydrogen-bond acceptors (Lipinski definition) is 4. The SMILES string of the molecule is CCOC(=O)/C(C#N)=C\NCC1CC1. The summed E-state index contributed by atoms with van der Waals surface area (Å²) in [4.78, 5) is 11.1. The van der Waals surface area contributed by atoms with Crippen LogP contribution in [0, 0.1) is 17.2 Å². The van der Waals surface area contributed by atoms with E-state index in [1.807, 2.05) is 0 Å². The van der Waals surface area contributed by atoms with Crippen LogP contribution in [0.1, 0.15) is 19.8 Å². The molecule has 0 atom stereocenters. The monoisotopic (exact) mass is 194 g/mol. The number of carbonyl (C=O) groups is 1. The summed E-state index contributed by atoms with van der Waals surface area (Å²) < 4.78 is 4.70. The van der Waals surface area contributed by atoms with Crippen LogP contribution in [0.3, 0.4) is 0 Å². The van der Waals surface area contributed by atoms with E-state index < -0.39 is 5.97 Å². The van der Waals surface area contributed by atoms with E-state index in [0.29, 0.717) is 12.5 Å². The third-order valence-corrected chi connectivity index (χ3v) is 1.97. The Labute approximate surface area is 83.5 Å². The highest BCUT2D eigenvalue weighted by atomic mass is 16.5. The summed E-state index contributed by atoms with van der Waals surface area (Å²) in [7, 11) is 0. The quantitative estimate of drug-likeness (QED) is 0.402. The normalized spacial score (nSPS) is 15.9. The van der Waals surface area contributed by atoms with Gasteiger partial charge in [-0.2, -0.15) is 5.26 Å². The molecule has 0 aromatic rings. The summed E-state index contributed by atoms with van der Waals surface area (Å²) in [5.74, 6) is 0.159. The fourth-order valence-corrected chi connectivity index (χ4v) is 0.995. The zero-order valence-corrected chi connectivity index (χ0v) is 8.25. The first-order valence-corrected chi connectivity index (χ1v) is 4.78. The second-order valence-electron chi connectivity index (χ2n) is 3.24. The predicted molar refractivity (Wildman–Crippen MR) is 51.1 cm³/mol. The summed E-state index contributed by atoms with van der Waals surface area (Å²) in [6, 6.07) is 1.80. The molecule has 0 aliphatic heterocycles. The molecule has 0 saturated heterocycles. The lowest BCUT2D eigenvalue weighted by molar-refractivity contribution is -0.138. The van der Waals surface area contributed by atoms with Crippen molar-refractivity contribution in [2.75, 3.05) is 13.2 Å². The average molecular weight is 194 g/mol. The minimum absolute atomic E-state index is 0.0347. The first-order valence-electron chi connectivity index (χ1n) is 4.78. The summed E-state index contributed by atoms with van der Waals surface area (Å²) in [6.45, 7) is 2.84. The molecule has 0 radical (unpaired) electrons. The van der Waals surface area contributed by atoms with Gasteiger partial charge >= 0.3 is 5.97 Å². The number of nitriles is 1. The maximum atomic E-state index is 11.1. The molecular formula is C10H14N2O2. The van der Waals surface area contributed by atoms with Gasteiger partial charge in [0.05, 0.1) is 6.61 Å². The van der Waals surface area contributed by atoms with E-state index in [9.17, 15) is 4.79 Å². The van der Waals surface area contributed by atoms with Crippen LogP contribution in [0.25, 0.3) is 0 Å². The van der Waals surface area contributed by atoms with Crippen LogP contribution in [0.2, 0.25) is 0 Å². The molecule has 1 aliphatic carbocycles. The standard InChI is InChI=1S/C10H14N2O2/c1-2-14-10(13)9(5-11)7-12-6-8-3-4-8/h7-8,12H,2-4,6H2,1H3/b9-7-. The van der Waals surface area contributed by atoms with Crippen molar-refractivity contribution >= 4 is 5.97 Å². The van der Waals surface area contributed by atoms with Gasteiger partial charge in [-0.05, 0) is 25.7 Å². The van der Waals surface area contributed by atoms with Crippen molar-refractivity contribution in [1.29, 1.82) is 5.26 Å². The van der Waals surface area contributed by atoms with Crippen molar-refractivity contribution in [2.45, 2.75) is 19.8 Å². The zero-order valence-electron chi connectivity index (χ0n) is 8.25. The number of ether oxygens (including phenoxy) is 1. The molecule has 1 fully saturated rings. The van der Waals surface area contributed by atoms with Crippen LogP contribution in [-0.4, -0.2) is 19.1 Å². The van der Waals surface area contributed by atoms with Crippen molar-refractivity contribution in [3.63, 3.8) is 0 Å². The first kappa shape index (κ1) is 10.6. The van der Waals surface area contributed by atoms with Crippen LogP contribution < -0.4 is 5.32 Å². The maximum Gasteiger partial charge on any atom is 0.350 e. The minimum atomic E-state index is -0.557. The molecule has 0 aromatic carbocycles. The predicted octanol–water partition coefficient (Wildman–Crippen LogP) is 0.957. The number of carbonyl (C=O) groups excluding carboxylic acids is 1. The van der Waals surface area contributed by atoms with Gasteiger partial charge in [0, 0.05) is 12.7 Å². The zero-order chi connectivity index (χ0) is 10.4. The van der Waals surface area contributed by atoms with E-state index in [-0.39, 0.29) is 5.57 Å². The van der Waals surface area contributed by atoms with Crippen LogP contribution in [-0.2, 0) is 9.53 Å². The fourth-order valence-electron chi connectivity index (χ4n) is 0.995. The highest BCUT2D eigenvalue weighted by Gasteiger charge is 2.20. The maximum absolute atomic E-state index is 11.1. The number of rotatable bonds is 5. The molecule has 0 unspecified atom stereocenters. The van der Waals surface area contributed by atoms with E-state index in [1.165, 1.54) is 19.0 Å². The average Bonchev–Trinajstić information content (AvgIpc) is 2.96. The molecule has 1 saturated carbocycles. The molecule has 0 amide bonds. The van der Waals surface area contributed by atoms with Gasteiger partial charge in [-0.15, -0.1) is 0 Å². The van der Waals surface area contributed by atoms with E-state index in [1.54, 1.807) is 13.0 Å². The molecule has 1 rings (SSSR count). The van der Waals surface area contributed by atoms with E-state index in [4.69, 9.17) is 10.00 Å². The van der Waals surface area contributed by atoms with Gasteiger partial charge in [-0.1, -0.05) is 0 Å². The van der Waals surface area contributed by atoms with Crippen molar-refractivity contribution in [3.8, 4) is 6.07 Å². The summed E-state index contributed by atoms with van der Waals surface area (Å²) >= 11 is 0. The highest BCUT2D eigenvalue weighted by molar-refractivity contribution is 5.92. The molecule has 1 N–H and O–H groups in total. The smallest absolute Gasteiger partial charge is 0.350 e. The molecule has 4 nitrogen and oxygen atoms in total. The first-order chi connectivity index (χ1) is 6.77. The lowest BCUT2D eigenvalue weighted by Gasteiger charge is -2.00. The number of hydrogen-bond donors (Lipinski definition) is 1. The van der Waals surface area contributed by atoms with Crippen LogP contribution in [0.15, 0.2) is 11.8 Å². The Bertz CT molecular complexity index is 274. The lowest BCUT2D eigenvalue weighted by Crippen LogP contribution is -2.14. The van der Waals surface area contributed by atoms with Gasteiger partial charge in [-0.3, -0.25) is 0 Å². The van der Waals surface area contributed by atoms with Crippen molar-refractivity contribution in [2.24, 2.45) is 5.92 Å². The van der Waals surface area contributed by atoms with Gasteiger partial charge in [0.1, 0.15) is 6.07 Å². The molecule has 0 bridgehead atoms. The highest BCUT2D eigenvalue weighted by Crippen LogP contribution is 2.27. The molecule has 0 spiro atoms. The van der Waals surface area contributed by atoms with Crippen LogP contribution >= 0.6 is 0 Å². The topological polar surface area (TPSA) is 62.1 Å². The summed E-state index contributed by atoms with van der Waals surface area (Å²) in [5, 5.41) is 11.6. The lowest BCUT2D eigenvalue weighted by atomic mass is 10.3. The van der Waals surface area contributed by atoms with Crippen LogP contribution in [0.4, 0.5) is 0 Å². The Balaban J connectivity index is 2.34. The molecule has 76 valence electrons. The number of nitrogens with zero attached hydrogens (tertiary/aromatic N) is 1. The number of nitrogens with one attached hydrogen (secondary N) is 1. The van der Waals surface area contributed by atoms with Gasteiger partial charge in [-0.25, -0.2) is 4.79 Å². The van der Waals surface area contributed by atoms with Gasteiger partial charge < -0.3 is 10.1 Å². The van der Waals surface area contributed by atoms with Crippen molar-refractivity contribution < 1.29 is 9.53 Å². The van der Waals surface area contributed by atoms with E-state index in [2.05, 4.69) is 5.32 Å². The third kappa shape index (κ3) is 3.48.